The first-order valence-electron chi connectivity index (χ1n) is 9.93. The van der Waals surface area contributed by atoms with E-state index in [0.717, 1.165) is 41.8 Å². The quantitative estimate of drug-likeness (QED) is 0.814. The van der Waals surface area contributed by atoms with Crippen LogP contribution in [-0.4, -0.2) is 18.4 Å². The SMILES string of the molecule is CCc1cccc(CC)c1NC(=O)C1(C(=O)N2CCc3ccccc32)CC1. The minimum atomic E-state index is -0.899. The summed E-state index contributed by atoms with van der Waals surface area (Å²) in [6.07, 6.45) is 3.82. The summed E-state index contributed by atoms with van der Waals surface area (Å²) in [6, 6.07) is 14.1. The number of nitrogens with one attached hydrogen (secondary N) is 1. The van der Waals surface area contributed by atoms with E-state index in [4.69, 9.17) is 0 Å². The van der Waals surface area contributed by atoms with Gasteiger partial charge in [0.15, 0.2) is 0 Å². The number of hydrogen-bond donors (Lipinski definition) is 1. The molecule has 2 aromatic rings. The maximum atomic E-state index is 13.3. The summed E-state index contributed by atoms with van der Waals surface area (Å²) >= 11 is 0. The number of carbonyl (C=O) groups excluding carboxylic acids is 2. The molecule has 1 aliphatic carbocycles. The molecular weight excluding hydrogens is 336 g/mol. The van der Waals surface area contributed by atoms with E-state index in [1.54, 1.807) is 0 Å². The number of para-hydroxylation sites is 2. The molecule has 2 aliphatic rings. The zero-order valence-corrected chi connectivity index (χ0v) is 16.0. The van der Waals surface area contributed by atoms with Crippen molar-refractivity contribution >= 4 is 23.2 Å². The minimum absolute atomic E-state index is 0.0445. The Morgan fingerprint density at radius 3 is 2.30 bits per heavy atom. The molecule has 0 atom stereocenters. The van der Waals surface area contributed by atoms with Crippen molar-refractivity contribution in [1.29, 1.82) is 0 Å². The molecular formula is C23H26N2O2. The number of fused-ring (bicyclic) bond motifs is 1. The largest absolute Gasteiger partial charge is 0.325 e. The Balaban J connectivity index is 1.59. The Kier molecular flexibility index (Phi) is 4.50. The zero-order chi connectivity index (χ0) is 19.0. The number of anilines is 2. The van der Waals surface area contributed by atoms with Crippen LogP contribution in [-0.2, 0) is 28.9 Å². The van der Waals surface area contributed by atoms with Crippen LogP contribution < -0.4 is 10.2 Å². The molecule has 0 saturated heterocycles. The summed E-state index contributed by atoms with van der Waals surface area (Å²) in [5, 5.41) is 3.13. The van der Waals surface area contributed by atoms with E-state index in [0.29, 0.717) is 19.4 Å². The van der Waals surface area contributed by atoms with E-state index in [2.05, 4.69) is 25.2 Å². The van der Waals surface area contributed by atoms with E-state index in [9.17, 15) is 9.59 Å². The Hall–Kier alpha value is -2.62. The molecule has 140 valence electrons. The second-order valence-electron chi connectivity index (χ2n) is 7.53. The van der Waals surface area contributed by atoms with Crippen molar-refractivity contribution in [2.24, 2.45) is 5.41 Å². The third kappa shape index (κ3) is 2.93. The first kappa shape index (κ1) is 17.8. The molecule has 0 spiro atoms. The van der Waals surface area contributed by atoms with Gasteiger partial charge in [-0.1, -0.05) is 50.2 Å². The summed E-state index contributed by atoms with van der Waals surface area (Å²) in [5.74, 6) is -0.190. The Morgan fingerprint density at radius 1 is 1.00 bits per heavy atom. The highest BCUT2D eigenvalue weighted by atomic mass is 16.2. The molecule has 1 N–H and O–H groups in total. The predicted octanol–water partition coefficient (Wildman–Crippen LogP) is 4.12. The normalized spacial score (nSPS) is 16.7. The second kappa shape index (κ2) is 6.84. The van der Waals surface area contributed by atoms with Gasteiger partial charge in [-0.15, -0.1) is 0 Å². The number of rotatable bonds is 5. The summed E-state index contributed by atoms with van der Waals surface area (Å²) in [7, 11) is 0. The highest BCUT2D eigenvalue weighted by Crippen LogP contribution is 2.50. The lowest BCUT2D eigenvalue weighted by atomic mass is 10.00. The lowest BCUT2D eigenvalue weighted by molar-refractivity contribution is -0.132. The fourth-order valence-corrected chi connectivity index (χ4v) is 4.11. The highest BCUT2D eigenvalue weighted by Gasteiger charge is 2.58. The standard InChI is InChI=1S/C23H26N2O2/c1-3-16-9-7-10-17(4-2)20(16)24-21(26)23(13-14-23)22(27)25-15-12-18-8-5-6-11-19(18)25/h5-11H,3-4,12-15H2,1-2H3,(H,24,26). The monoisotopic (exact) mass is 362 g/mol. The van der Waals surface area contributed by atoms with Gasteiger partial charge in [-0.2, -0.15) is 0 Å². The van der Waals surface area contributed by atoms with Gasteiger partial charge in [-0.05, 0) is 54.9 Å². The van der Waals surface area contributed by atoms with Crippen LogP contribution in [0.25, 0.3) is 0 Å². The summed E-state index contributed by atoms with van der Waals surface area (Å²) < 4.78 is 0. The van der Waals surface area contributed by atoms with Crippen LogP contribution in [0.1, 0.15) is 43.4 Å². The zero-order valence-electron chi connectivity index (χ0n) is 16.0. The average molecular weight is 362 g/mol. The number of hydrogen-bond acceptors (Lipinski definition) is 2. The fraction of sp³-hybridized carbons (Fsp3) is 0.391. The maximum absolute atomic E-state index is 13.3. The Morgan fingerprint density at radius 2 is 1.67 bits per heavy atom. The minimum Gasteiger partial charge on any atom is -0.325 e. The molecule has 2 amide bonds. The number of aryl methyl sites for hydroxylation is 2. The van der Waals surface area contributed by atoms with Crippen molar-refractivity contribution in [1.82, 2.24) is 0 Å². The van der Waals surface area contributed by atoms with Gasteiger partial charge in [0.25, 0.3) is 0 Å². The van der Waals surface area contributed by atoms with Crippen molar-refractivity contribution in [2.45, 2.75) is 46.0 Å². The van der Waals surface area contributed by atoms with E-state index in [-0.39, 0.29) is 11.8 Å². The van der Waals surface area contributed by atoms with Crippen LogP contribution in [0, 0.1) is 5.41 Å². The third-order valence-electron chi connectivity index (χ3n) is 5.96. The molecule has 4 rings (SSSR count). The van der Waals surface area contributed by atoms with Crippen molar-refractivity contribution in [3.05, 3.63) is 59.2 Å². The molecule has 4 heteroatoms. The molecule has 2 aromatic carbocycles. The highest BCUT2D eigenvalue weighted by molar-refractivity contribution is 6.18. The topological polar surface area (TPSA) is 49.4 Å². The maximum Gasteiger partial charge on any atom is 0.242 e. The second-order valence-corrected chi connectivity index (χ2v) is 7.53. The first-order valence-corrected chi connectivity index (χ1v) is 9.93. The molecule has 0 radical (unpaired) electrons. The van der Waals surface area contributed by atoms with Gasteiger partial charge in [0.05, 0.1) is 0 Å². The smallest absolute Gasteiger partial charge is 0.242 e. The van der Waals surface area contributed by atoms with E-state index in [1.165, 1.54) is 5.56 Å². The van der Waals surface area contributed by atoms with Gasteiger partial charge in [0.1, 0.15) is 5.41 Å². The van der Waals surface area contributed by atoms with Crippen molar-refractivity contribution < 1.29 is 9.59 Å². The number of carbonyl (C=O) groups is 2. The lowest BCUT2D eigenvalue weighted by Gasteiger charge is -2.24. The molecule has 1 aliphatic heterocycles. The van der Waals surface area contributed by atoms with Gasteiger partial charge >= 0.3 is 0 Å². The van der Waals surface area contributed by atoms with Crippen molar-refractivity contribution in [3.8, 4) is 0 Å². The van der Waals surface area contributed by atoms with Gasteiger partial charge in [0.2, 0.25) is 11.8 Å². The van der Waals surface area contributed by atoms with E-state index < -0.39 is 5.41 Å². The molecule has 1 heterocycles. The van der Waals surface area contributed by atoms with Gasteiger partial charge in [-0.3, -0.25) is 9.59 Å². The van der Waals surface area contributed by atoms with E-state index in [1.807, 2.05) is 41.3 Å². The predicted molar refractivity (Wildman–Crippen MR) is 108 cm³/mol. The molecule has 0 bridgehead atoms. The number of benzene rings is 2. The third-order valence-corrected chi connectivity index (χ3v) is 5.96. The number of nitrogens with zero attached hydrogens (tertiary/aromatic N) is 1. The summed E-state index contributed by atoms with van der Waals surface area (Å²) in [4.78, 5) is 28.3. The van der Waals surface area contributed by atoms with Crippen LogP contribution in [0.4, 0.5) is 11.4 Å². The van der Waals surface area contributed by atoms with Crippen LogP contribution in [0.3, 0.4) is 0 Å². The van der Waals surface area contributed by atoms with Crippen LogP contribution in [0.2, 0.25) is 0 Å². The Labute approximate surface area is 160 Å². The van der Waals surface area contributed by atoms with Crippen molar-refractivity contribution in [3.63, 3.8) is 0 Å². The van der Waals surface area contributed by atoms with Gasteiger partial charge < -0.3 is 10.2 Å². The molecule has 1 fully saturated rings. The molecule has 0 unspecified atom stereocenters. The van der Waals surface area contributed by atoms with E-state index >= 15 is 0 Å². The number of amides is 2. The first-order chi connectivity index (χ1) is 13.1. The molecule has 4 nitrogen and oxygen atoms in total. The van der Waals surface area contributed by atoms with Crippen LogP contribution in [0.5, 0.6) is 0 Å². The van der Waals surface area contributed by atoms with Gasteiger partial charge in [0, 0.05) is 17.9 Å². The summed E-state index contributed by atoms with van der Waals surface area (Å²) in [6.45, 7) is 4.84. The molecule has 27 heavy (non-hydrogen) atoms. The van der Waals surface area contributed by atoms with Crippen molar-refractivity contribution in [2.75, 3.05) is 16.8 Å². The van der Waals surface area contributed by atoms with Crippen LogP contribution >= 0.6 is 0 Å². The lowest BCUT2D eigenvalue weighted by Crippen LogP contribution is -2.42. The fourth-order valence-electron chi connectivity index (χ4n) is 4.11. The molecule has 0 aromatic heterocycles. The van der Waals surface area contributed by atoms with Crippen LogP contribution in [0.15, 0.2) is 42.5 Å². The molecule has 1 saturated carbocycles. The van der Waals surface area contributed by atoms with Gasteiger partial charge in [-0.25, -0.2) is 0 Å². The Bertz CT molecular complexity index is 877. The average Bonchev–Trinajstić information content (AvgIpc) is 3.41. The summed E-state index contributed by atoms with van der Waals surface area (Å²) in [5.41, 5.74) is 4.39.